The van der Waals surface area contributed by atoms with Gasteiger partial charge in [0.15, 0.2) is 0 Å². The number of imidazole rings is 1. The van der Waals surface area contributed by atoms with Gasteiger partial charge in [-0.15, -0.1) is 0 Å². The van der Waals surface area contributed by atoms with E-state index < -0.39 is 16.1 Å². The van der Waals surface area contributed by atoms with E-state index in [-0.39, 0.29) is 10.7 Å². The molecule has 1 aliphatic carbocycles. The summed E-state index contributed by atoms with van der Waals surface area (Å²) in [4.78, 5) is 4.53. The zero-order valence-electron chi connectivity index (χ0n) is 14.9. The quantitative estimate of drug-likeness (QED) is 0.734. The summed E-state index contributed by atoms with van der Waals surface area (Å²) in [7, 11) is -1.99. The van der Waals surface area contributed by atoms with Gasteiger partial charge in [0.1, 0.15) is 17.7 Å². The minimum atomic E-state index is -3.78. The van der Waals surface area contributed by atoms with Crippen LogP contribution in [0, 0.1) is 5.82 Å². The molecule has 4 rings (SSSR count). The fraction of sp³-hybridized carbons (Fsp3) is 0.250. The second-order valence-electron chi connectivity index (χ2n) is 6.79. The number of fused-ring (bicyclic) bond motifs is 1. The fourth-order valence-electron chi connectivity index (χ4n) is 3.52. The van der Waals surface area contributed by atoms with Crippen LogP contribution < -0.4 is 4.72 Å². The van der Waals surface area contributed by atoms with Crippen molar-refractivity contribution in [3.63, 3.8) is 0 Å². The first-order valence-electron chi connectivity index (χ1n) is 8.81. The maximum Gasteiger partial charge on any atom is 0.241 e. The highest BCUT2D eigenvalue weighted by atomic mass is 32.2. The molecule has 7 heteroatoms. The van der Waals surface area contributed by atoms with Crippen LogP contribution in [0.25, 0.3) is 0 Å². The molecule has 0 spiro atoms. The van der Waals surface area contributed by atoms with Crippen molar-refractivity contribution in [2.24, 2.45) is 7.05 Å². The number of hydrogen-bond acceptors (Lipinski definition) is 3. The van der Waals surface area contributed by atoms with Gasteiger partial charge < -0.3 is 4.57 Å². The molecule has 140 valence electrons. The largest absolute Gasteiger partial charge is 0.336 e. The molecular formula is C20H20FN3O2S. The van der Waals surface area contributed by atoms with Crippen molar-refractivity contribution in [1.29, 1.82) is 0 Å². The van der Waals surface area contributed by atoms with Gasteiger partial charge in [0.05, 0.1) is 4.90 Å². The number of hydrogen-bond donors (Lipinski definition) is 1. The number of aryl methyl sites for hydroxylation is 3. The van der Waals surface area contributed by atoms with E-state index in [1.54, 1.807) is 48.3 Å². The van der Waals surface area contributed by atoms with Gasteiger partial charge in [-0.25, -0.2) is 17.8 Å². The highest BCUT2D eigenvalue weighted by Gasteiger charge is 2.26. The second-order valence-corrected chi connectivity index (χ2v) is 8.50. The summed E-state index contributed by atoms with van der Waals surface area (Å²) in [6.07, 6.45) is 6.30. The van der Waals surface area contributed by atoms with Crippen molar-refractivity contribution < 1.29 is 12.8 Å². The van der Waals surface area contributed by atoms with Crippen LogP contribution in [0.2, 0.25) is 0 Å². The van der Waals surface area contributed by atoms with Crippen LogP contribution in [-0.4, -0.2) is 18.0 Å². The van der Waals surface area contributed by atoms with E-state index in [0.29, 0.717) is 11.4 Å². The van der Waals surface area contributed by atoms with Gasteiger partial charge in [-0.1, -0.05) is 18.2 Å². The predicted octanol–water partition coefficient (Wildman–Crippen LogP) is 3.12. The smallest absolute Gasteiger partial charge is 0.241 e. The number of nitrogens with zero attached hydrogens (tertiary/aromatic N) is 2. The Balaban J connectivity index is 1.72. The van der Waals surface area contributed by atoms with Crippen LogP contribution in [-0.2, 0) is 29.9 Å². The number of nitrogens with one attached hydrogen (secondary N) is 1. The molecule has 1 N–H and O–H groups in total. The first-order chi connectivity index (χ1) is 12.9. The van der Waals surface area contributed by atoms with Gasteiger partial charge in [-0.05, 0) is 60.2 Å². The predicted molar refractivity (Wildman–Crippen MR) is 100 cm³/mol. The molecule has 0 saturated carbocycles. The molecule has 1 atom stereocenters. The number of sulfonamides is 1. The van der Waals surface area contributed by atoms with Crippen LogP contribution in [0.4, 0.5) is 4.39 Å². The minimum absolute atomic E-state index is 0.240. The van der Waals surface area contributed by atoms with Crippen LogP contribution >= 0.6 is 0 Å². The highest BCUT2D eigenvalue weighted by molar-refractivity contribution is 7.89. The molecule has 1 aliphatic rings. The Morgan fingerprint density at radius 1 is 1.11 bits per heavy atom. The molecule has 0 bridgehead atoms. The normalized spacial score (nSPS) is 14.9. The zero-order valence-corrected chi connectivity index (χ0v) is 15.7. The van der Waals surface area contributed by atoms with Crippen molar-refractivity contribution >= 4 is 10.0 Å². The van der Waals surface area contributed by atoms with Gasteiger partial charge in [-0.3, -0.25) is 0 Å². The number of aromatic nitrogens is 2. The molecule has 5 nitrogen and oxygen atoms in total. The Kier molecular flexibility index (Phi) is 4.57. The highest BCUT2D eigenvalue weighted by Crippen LogP contribution is 2.27. The molecule has 0 fully saturated rings. The Labute approximate surface area is 157 Å². The lowest BCUT2D eigenvalue weighted by molar-refractivity contribution is 0.562. The number of benzene rings is 2. The summed E-state index contributed by atoms with van der Waals surface area (Å²) in [6, 6.07) is 10.3. The lowest BCUT2D eigenvalue weighted by Gasteiger charge is -2.19. The van der Waals surface area contributed by atoms with Crippen molar-refractivity contribution in [2.45, 2.75) is 30.2 Å². The SMILES string of the molecule is Cn1ccnc1C(NS(=O)(=O)c1ccc2c(c1)CCC2)c1ccc(F)cc1. The summed E-state index contributed by atoms with van der Waals surface area (Å²) >= 11 is 0. The molecule has 1 aromatic heterocycles. The number of rotatable bonds is 5. The van der Waals surface area contributed by atoms with E-state index in [1.165, 1.54) is 17.7 Å². The molecule has 0 amide bonds. The van der Waals surface area contributed by atoms with Crippen LogP contribution in [0.3, 0.4) is 0 Å². The Morgan fingerprint density at radius 3 is 2.56 bits per heavy atom. The Morgan fingerprint density at radius 2 is 1.85 bits per heavy atom. The molecular weight excluding hydrogens is 365 g/mol. The summed E-state index contributed by atoms with van der Waals surface area (Å²) < 4.78 is 44.0. The van der Waals surface area contributed by atoms with E-state index in [9.17, 15) is 12.8 Å². The van der Waals surface area contributed by atoms with Crippen molar-refractivity contribution in [1.82, 2.24) is 14.3 Å². The van der Waals surface area contributed by atoms with Crippen LogP contribution in [0.5, 0.6) is 0 Å². The summed E-state index contributed by atoms with van der Waals surface area (Å²) in [6.45, 7) is 0. The second kappa shape index (κ2) is 6.90. The van der Waals surface area contributed by atoms with E-state index >= 15 is 0 Å². The van der Waals surface area contributed by atoms with Gasteiger partial charge in [0, 0.05) is 19.4 Å². The van der Waals surface area contributed by atoms with Gasteiger partial charge in [-0.2, -0.15) is 4.72 Å². The molecule has 0 radical (unpaired) electrons. The fourth-order valence-corrected chi connectivity index (χ4v) is 4.75. The maximum absolute atomic E-state index is 13.3. The first kappa shape index (κ1) is 17.9. The lowest BCUT2D eigenvalue weighted by atomic mass is 10.1. The maximum atomic E-state index is 13.3. The van der Waals surface area contributed by atoms with Crippen LogP contribution in [0.15, 0.2) is 59.8 Å². The summed E-state index contributed by atoms with van der Waals surface area (Å²) in [5.41, 5.74) is 2.93. The van der Waals surface area contributed by atoms with Gasteiger partial charge in [0.25, 0.3) is 0 Å². The third kappa shape index (κ3) is 3.52. The number of halogens is 1. The topological polar surface area (TPSA) is 64.0 Å². The van der Waals surface area contributed by atoms with Gasteiger partial charge in [0.2, 0.25) is 10.0 Å². The molecule has 1 heterocycles. The molecule has 1 unspecified atom stereocenters. The standard InChI is InChI=1S/C20H20FN3O2S/c1-24-12-11-22-20(24)19(15-5-8-17(21)9-6-15)23-27(25,26)18-10-7-14-3-2-4-16(14)13-18/h5-13,19,23H,2-4H2,1H3. The van der Waals surface area contributed by atoms with Crippen LogP contribution in [0.1, 0.15) is 35.0 Å². The molecule has 2 aromatic carbocycles. The van der Waals surface area contributed by atoms with E-state index in [1.807, 2.05) is 6.07 Å². The monoisotopic (exact) mass is 385 g/mol. The summed E-state index contributed by atoms with van der Waals surface area (Å²) in [5, 5.41) is 0. The van der Waals surface area contributed by atoms with E-state index in [4.69, 9.17) is 0 Å². The third-order valence-corrected chi connectivity index (χ3v) is 6.39. The van der Waals surface area contributed by atoms with Crippen molar-refractivity contribution in [3.05, 3.63) is 83.2 Å². The molecule has 0 saturated heterocycles. The average molecular weight is 385 g/mol. The van der Waals surface area contributed by atoms with Crippen molar-refractivity contribution in [3.8, 4) is 0 Å². The zero-order chi connectivity index (χ0) is 19.0. The Bertz CT molecular complexity index is 1070. The van der Waals surface area contributed by atoms with E-state index in [2.05, 4.69) is 9.71 Å². The molecule has 27 heavy (non-hydrogen) atoms. The van der Waals surface area contributed by atoms with Crippen molar-refractivity contribution in [2.75, 3.05) is 0 Å². The minimum Gasteiger partial charge on any atom is -0.336 e. The van der Waals surface area contributed by atoms with E-state index in [0.717, 1.165) is 24.8 Å². The van der Waals surface area contributed by atoms with Gasteiger partial charge >= 0.3 is 0 Å². The average Bonchev–Trinajstić information content (AvgIpc) is 3.28. The molecule has 3 aromatic rings. The third-order valence-electron chi connectivity index (χ3n) is 4.97. The Hall–Kier alpha value is -2.51. The lowest BCUT2D eigenvalue weighted by Crippen LogP contribution is -2.31. The summed E-state index contributed by atoms with van der Waals surface area (Å²) in [5.74, 6) is 0.158. The first-order valence-corrected chi connectivity index (χ1v) is 10.3. The molecule has 0 aliphatic heterocycles.